The average Bonchev–Trinajstić information content (AvgIpc) is 2.29. The van der Waals surface area contributed by atoms with Crippen LogP contribution in [-0.4, -0.2) is 27.5 Å². The Morgan fingerprint density at radius 3 is 2.42 bits per heavy atom. The van der Waals surface area contributed by atoms with E-state index in [9.17, 15) is 26.4 Å². The molecule has 0 radical (unpaired) electrons. The standard InChI is InChI=1S/C9H6Cl2F3NO3S/c10-6-4(9(16)15-2-1-12)3-5(13)7(14)8(6)19(11,17)18/h3H,1-2H2,(H,15,16). The van der Waals surface area contributed by atoms with Crippen molar-refractivity contribution < 1.29 is 26.4 Å². The lowest BCUT2D eigenvalue weighted by Crippen LogP contribution is -2.26. The van der Waals surface area contributed by atoms with E-state index in [2.05, 4.69) is 0 Å². The number of alkyl halides is 1. The molecule has 1 amide bonds. The number of rotatable bonds is 4. The highest BCUT2D eigenvalue weighted by atomic mass is 35.7. The van der Waals surface area contributed by atoms with Gasteiger partial charge in [-0.05, 0) is 6.07 Å². The van der Waals surface area contributed by atoms with Crippen LogP contribution in [0, 0.1) is 11.6 Å². The number of nitrogens with one attached hydrogen (secondary N) is 1. The first-order chi connectivity index (χ1) is 8.70. The molecule has 0 bridgehead atoms. The molecular formula is C9H6Cl2F3NO3S. The molecule has 1 aromatic rings. The predicted octanol–water partition coefficient (Wildman–Crippen LogP) is 2.25. The third-order valence-corrected chi connectivity index (χ3v) is 3.82. The molecule has 0 aliphatic carbocycles. The zero-order valence-electron chi connectivity index (χ0n) is 9.01. The fraction of sp³-hybridized carbons (Fsp3) is 0.222. The summed E-state index contributed by atoms with van der Waals surface area (Å²) in [6, 6.07) is 0.400. The van der Waals surface area contributed by atoms with Crippen LogP contribution in [0.5, 0.6) is 0 Å². The number of amides is 1. The van der Waals surface area contributed by atoms with Gasteiger partial charge >= 0.3 is 0 Å². The van der Waals surface area contributed by atoms with E-state index in [1.54, 1.807) is 0 Å². The van der Waals surface area contributed by atoms with Crippen molar-refractivity contribution >= 4 is 37.2 Å². The number of halogens is 5. The molecule has 4 nitrogen and oxygen atoms in total. The molecule has 0 unspecified atom stereocenters. The quantitative estimate of drug-likeness (QED) is 0.678. The minimum absolute atomic E-state index is 0.392. The van der Waals surface area contributed by atoms with E-state index in [1.807, 2.05) is 5.32 Å². The molecule has 1 N–H and O–H groups in total. The minimum atomic E-state index is -4.69. The Morgan fingerprint density at radius 2 is 1.95 bits per heavy atom. The lowest BCUT2D eigenvalue weighted by Gasteiger charge is -2.09. The summed E-state index contributed by atoms with van der Waals surface area (Å²) in [5, 5.41) is 1.12. The van der Waals surface area contributed by atoms with Crippen LogP contribution in [0.25, 0.3) is 0 Å². The fourth-order valence-corrected chi connectivity index (χ4v) is 2.93. The summed E-state index contributed by atoms with van der Waals surface area (Å²) >= 11 is 5.52. The van der Waals surface area contributed by atoms with Crippen molar-refractivity contribution in [1.82, 2.24) is 5.32 Å². The van der Waals surface area contributed by atoms with Crippen LogP contribution in [0.15, 0.2) is 11.0 Å². The molecule has 0 atom stereocenters. The summed E-state index contributed by atoms with van der Waals surface area (Å²) in [6.07, 6.45) is 0. The van der Waals surface area contributed by atoms with Gasteiger partial charge in [0.1, 0.15) is 11.6 Å². The number of benzene rings is 1. The molecule has 1 aromatic carbocycles. The van der Waals surface area contributed by atoms with Crippen molar-refractivity contribution in [3.63, 3.8) is 0 Å². The summed E-state index contributed by atoms with van der Waals surface area (Å²) in [7, 11) is 0.220. The zero-order chi connectivity index (χ0) is 14.8. The van der Waals surface area contributed by atoms with Crippen molar-refractivity contribution in [1.29, 1.82) is 0 Å². The SMILES string of the molecule is O=C(NCCF)c1cc(F)c(F)c(S(=O)(=O)Cl)c1Cl. The summed E-state index contributed by atoms with van der Waals surface area (Å²) in [4.78, 5) is 10.1. The van der Waals surface area contributed by atoms with Gasteiger partial charge in [-0.1, -0.05) is 11.6 Å². The average molecular weight is 336 g/mol. The Kier molecular flexibility index (Phi) is 5.05. The molecular weight excluding hydrogens is 330 g/mol. The van der Waals surface area contributed by atoms with Crippen molar-refractivity contribution in [2.24, 2.45) is 0 Å². The maximum Gasteiger partial charge on any atom is 0.265 e. The van der Waals surface area contributed by atoms with E-state index in [0.29, 0.717) is 6.07 Å². The van der Waals surface area contributed by atoms with Crippen LogP contribution in [0.2, 0.25) is 5.02 Å². The van der Waals surface area contributed by atoms with E-state index >= 15 is 0 Å². The maximum absolute atomic E-state index is 13.3. The van der Waals surface area contributed by atoms with Crippen LogP contribution in [-0.2, 0) is 9.05 Å². The monoisotopic (exact) mass is 335 g/mol. The Bertz CT molecular complexity index is 622. The largest absolute Gasteiger partial charge is 0.349 e. The Morgan fingerprint density at radius 1 is 1.37 bits per heavy atom. The van der Waals surface area contributed by atoms with Crippen LogP contribution in [0.4, 0.5) is 13.2 Å². The lowest BCUT2D eigenvalue weighted by atomic mass is 10.2. The minimum Gasteiger partial charge on any atom is -0.349 e. The predicted molar refractivity (Wildman–Crippen MR) is 62.7 cm³/mol. The van der Waals surface area contributed by atoms with Gasteiger partial charge in [-0.15, -0.1) is 0 Å². The molecule has 0 aliphatic heterocycles. The molecule has 0 heterocycles. The first-order valence-electron chi connectivity index (χ1n) is 4.66. The van der Waals surface area contributed by atoms with Gasteiger partial charge in [-0.2, -0.15) is 0 Å². The van der Waals surface area contributed by atoms with Gasteiger partial charge < -0.3 is 5.32 Å². The number of carbonyl (C=O) groups is 1. The van der Waals surface area contributed by atoms with E-state index in [0.717, 1.165) is 0 Å². The van der Waals surface area contributed by atoms with Crippen molar-refractivity contribution in [2.75, 3.05) is 13.2 Å². The van der Waals surface area contributed by atoms with Gasteiger partial charge in [0, 0.05) is 17.2 Å². The summed E-state index contributed by atoms with van der Waals surface area (Å²) in [6.45, 7) is -1.29. The number of carbonyl (C=O) groups excluding carboxylic acids is 1. The second-order valence-corrected chi connectivity index (χ2v) is 6.13. The first kappa shape index (κ1) is 16.1. The topological polar surface area (TPSA) is 63.2 Å². The van der Waals surface area contributed by atoms with Gasteiger partial charge in [0.25, 0.3) is 15.0 Å². The van der Waals surface area contributed by atoms with Crippen LogP contribution in [0.1, 0.15) is 10.4 Å². The van der Waals surface area contributed by atoms with Gasteiger partial charge in [-0.3, -0.25) is 4.79 Å². The molecule has 0 fully saturated rings. The van der Waals surface area contributed by atoms with Gasteiger partial charge in [0.15, 0.2) is 11.6 Å². The van der Waals surface area contributed by atoms with Gasteiger partial charge in [0.2, 0.25) is 0 Å². The number of hydrogen-bond donors (Lipinski definition) is 1. The van der Waals surface area contributed by atoms with Crippen molar-refractivity contribution in [3.05, 3.63) is 28.3 Å². The highest BCUT2D eigenvalue weighted by Crippen LogP contribution is 2.32. The maximum atomic E-state index is 13.3. The van der Waals surface area contributed by atoms with E-state index in [-0.39, 0.29) is 0 Å². The third-order valence-electron chi connectivity index (χ3n) is 1.98. The van der Waals surface area contributed by atoms with Crippen LogP contribution >= 0.6 is 22.3 Å². The molecule has 0 saturated heterocycles. The Labute approximate surface area is 115 Å². The zero-order valence-corrected chi connectivity index (χ0v) is 11.3. The molecule has 0 spiro atoms. The van der Waals surface area contributed by atoms with Gasteiger partial charge in [0.05, 0.1) is 10.6 Å². The Balaban J connectivity index is 3.45. The normalized spacial score (nSPS) is 11.4. The second kappa shape index (κ2) is 5.98. The van der Waals surface area contributed by atoms with E-state index < -0.39 is 55.3 Å². The first-order valence-corrected chi connectivity index (χ1v) is 7.35. The molecule has 0 saturated carbocycles. The Hall–Kier alpha value is -0.990. The van der Waals surface area contributed by atoms with Gasteiger partial charge in [-0.25, -0.2) is 21.6 Å². The van der Waals surface area contributed by atoms with E-state index in [4.69, 9.17) is 22.3 Å². The fourth-order valence-electron chi connectivity index (χ4n) is 1.22. The summed E-state index contributed by atoms with van der Waals surface area (Å²) in [5.74, 6) is -4.46. The van der Waals surface area contributed by atoms with Crippen molar-refractivity contribution in [2.45, 2.75) is 4.90 Å². The van der Waals surface area contributed by atoms with Crippen molar-refractivity contribution in [3.8, 4) is 0 Å². The second-order valence-electron chi connectivity index (χ2n) is 3.25. The molecule has 1 rings (SSSR count). The van der Waals surface area contributed by atoms with Crippen LogP contribution < -0.4 is 5.32 Å². The lowest BCUT2D eigenvalue weighted by molar-refractivity contribution is 0.0950. The highest BCUT2D eigenvalue weighted by Gasteiger charge is 2.28. The molecule has 0 aromatic heterocycles. The molecule has 19 heavy (non-hydrogen) atoms. The number of hydrogen-bond acceptors (Lipinski definition) is 3. The molecule has 106 valence electrons. The summed E-state index contributed by atoms with van der Waals surface area (Å²) < 4.78 is 60.6. The third kappa shape index (κ3) is 3.52. The molecule has 0 aliphatic rings. The van der Waals surface area contributed by atoms with Crippen LogP contribution in [0.3, 0.4) is 0 Å². The summed E-state index contributed by atoms with van der Waals surface area (Å²) in [5.41, 5.74) is -0.659. The highest BCUT2D eigenvalue weighted by molar-refractivity contribution is 8.13. The smallest absolute Gasteiger partial charge is 0.265 e. The van der Waals surface area contributed by atoms with E-state index in [1.165, 1.54) is 0 Å². The molecule has 10 heteroatoms.